The first-order valence-electron chi connectivity index (χ1n) is 5.39. The molecule has 2 aromatic rings. The summed E-state index contributed by atoms with van der Waals surface area (Å²) in [6.07, 6.45) is 3.48. The third-order valence-electron chi connectivity index (χ3n) is 2.39. The van der Waals surface area contributed by atoms with Crippen molar-refractivity contribution in [3.63, 3.8) is 0 Å². The summed E-state index contributed by atoms with van der Waals surface area (Å²) in [4.78, 5) is 3.34. The molecule has 0 saturated carbocycles. The van der Waals surface area contributed by atoms with Gasteiger partial charge in [-0.05, 0) is 13.0 Å². The van der Waals surface area contributed by atoms with E-state index in [0.717, 1.165) is 6.20 Å². The molecule has 102 valence electrons. The molecule has 0 aliphatic heterocycles. The van der Waals surface area contributed by atoms with Gasteiger partial charge in [-0.3, -0.25) is 14.4 Å². The van der Waals surface area contributed by atoms with Crippen molar-refractivity contribution in [1.82, 2.24) is 14.8 Å². The van der Waals surface area contributed by atoms with Gasteiger partial charge >= 0.3 is 0 Å². The molecular formula is C10H12FN5O2S. The number of aryl methyl sites for hydroxylation is 1. The minimum absolute atomic E-state index is 0.135. The van der Waals surface area contributed by atoms with Crippen LogP contribution in [-0.4, -0.2) is 23.2 Å². The second-order valence-corrected chi connectivity index (χ2v) is 5.35. The maximum absolute atomic E-state index is 13.4. The van der Waals surface area contributed by atoms with Gasteiger partial charge in [0.1, 0.15) is 4.90 Å². The van der Waals surface area contributed by atoms with E-state index in [1.54, 1.807) is 6.92 Å². The predicted molar refractivity (Wildman–Crippen MR) is 67.3 cm³/mol. The van der Waals surface area contributed by atoms with Crippen molar-refractivity contribution in [2.75, 3.05) is 10.5 Å². The predicted octanol–water partition coefficient (Wildman–Crippen LogP) is 0.820. The van der Waals surface area contributed by atoms with E-state index >= 15 is 0 Å². The second kappa shape index (κ2) is 4.84. The van der Waals surface area contributed by atoms with Crippen LogP contribution in [0.1, 0.15) is 6.92 Å². The van der Waals surface area contributed by atoms with E-state index in [2.05, 4.69) is 14.8 Å². The van der Waals surface area contributed by atoms with Crippen molar-refractivity contribution in [2.24, 2.45) is 0 Å². The number of nitrogens with zero attached hydrogens (tertiary/aromatic N) is 3. The first-order chi connectivity index (χ1) is 8.94. The van der Waals surface area contributed by atoms with Crippen molar-refractivity contribution >= 4 is 21.5 Å². The number of pyridine rings is 1. The van der Waals surface area contributed by atoms with Crippen LogP contribution in [-0.2, 0) is 16.6 Å². The molecule has 19 heavy (non-hydrogen) atoms. The van der Waals surface area contributed by atoms with Crippen LogP contribution in [0.25, 0.3) is 0 Å². The molecule has 2 aromatic heterocycles. The Kier molecular flexibility index (Phi) is 3.38. The van der Waals surface area contributed by atoms with Gasteiger partial charge in [0.05, 0.1) is 11.9 Å². The molecule has 0 bridgehead atoms. The lowest BCUT2D eigenvalue weighted by Gasteiger charge is -2.06. The Morgan fingerprint density at radius 1 is 1.53 bits per heavy atom. The van der Waals surface area contributed by atoms with Gasteiger partial charge in [-0.2, -0.15) is 5.10 Å². The first kappa shape index (κ1) is 13.3. The highest BCUT2D eigenvalue weighted by molar-refractivity contribution is 7.92. The fourth-order valence-electron chi connectivity index (χ4n) is 1.44. The summed E-state index contributed by atoms with van der Waals surface area (Å²) in [6, 6.07) is 1.22. The molecule has 0 atom stereocenters. The zero-order valence-electron chi connectivity index (χ0n) is 10.0. The largest absolute Gasteiger partial charge is 0.381 e. The summed E-state index contributed by atoms with van der Waals surface area (Å²) in [5.41, 5.74) is 5.34. The third kappa shape index (κ3) is 2.65. The second-order valence-electron chi connectivity index (χ2n) is 3.70. The number of hydrogen-bond acceptors (Lipinski definition) is 5. The van der Waals surface area contributed by atoms with Gasteiger partial charge in [-0.1, -0.05) is 0 Å². The molecule has 0 saturated heterocycles. The monoisotopic (exact) mass is 285 g/mol. The Balaban J connectivity index is 2.38. The molecule has 0 aliphatic carbocycles. The summed E-state index contributed by atoms with van der Waals surface area (Å²) in [5.74, 6) is -0.906. The number of sulfonamides is 1. The van der Waals surface area contributed by atoms with Crippen molar-refractivity contribution in [2.45, 2.75) is 18.4 Å². The van der Waals surface area contributed by atoms with Gasteiger partial charge < -0.3 is 5.73 Å². The summed E-state index contributed by atoms with van der Waals surface area (Å²) in [6.45, 7) is 2.27. The lowest BCUT2D eigenvalue weighted by molar-refractivity contribution is 0.597. The number of rotatable bonds is 4. The van der Waals surface area contributed by atoms with E-state index in [4.69, 9.17) is 5.73 Å². The molecule has 7 nitrogen and oxygen atoms in total. The van der Waals surface area contributed by atoms with Gasteiger partial charge in [0, 0.05) is 18.9 Å². The molecule has 0 aliphatic rings. The van der Waals surface area contributed by atoms with Crippen molar-refractivity contribution in [3.8, 4) is 0 Å². The fraction of sp³-hybridized carbons (Fsp3) is 0.200. The molecule has 0 amide bonds. The van der Waals surface area contributed by atoms with Crippen molar-refractivity contribution in [1.29, 1.82) is 0 Å². The number of nitrogen functional groups attached to an aromatic ring is 1. The molecule has 2 heterocycles. The average molecular weight is 285 g/mol. The van der Waals surface area contributed by atoms with E-state index in [9.17, 15) is 12.8 Å². The van der Waals surface area contributed by atoms with E-state index in [0.29, 0.717) is 6.54 Å². The fourth-order valence-corrected chi connectivity index (χ4v) is 2.59. The van der Waals surface area contributed by atoms with Gasteiger partial charge in [0.15, 0.2) is 11.6 Å². The van der Waals surface area contributed by atoms with Gasteiger partial charge in [0.2, 0.25) is 0 Å². The van der Waals surface area contributed by atoms with Crippen LogP contribution < -0.4 is 10.5 Å². The van der Waals surface area contributed by atoms with Crippen molar-refractivity contribution in [3.05, 3.63) is 30.5 Å². The zero-order valence-corrected chi connectivity index (χ0v) is 10.9. The zero-order chi connectivity index (χ0) is 14.0. The highest BCUT2D eigenvalue weighted by Crippen LogP contribution is 2.21. The van der Waals surface area contributed by atoms with Crippen LogP contribution in [0.2, 0.25) is 0 Å². The van der Waals surface area contributed by atoms with Crippen molar-refractivity contribution < 1.29 is 12.8 Å². The van der Waals surface area contributed by atoms with Crippen LogP contribution in [0.5, 0.6) is 0 Å². The van der Waals surface area contributed by atoms with E-state index in [1.165, 1.54) is 23.1 Å². The SMILES string of the molecule is CCn1cc(S(=O)(=O)Nc2ccncc2F)c(N)n1. The topological polar surface area (TPSA) is 103 Å². The Morgan fingerprint density at radius 3 is 2.84 bits per heavy atom. The van der Waals surface area contributed by atoms with Crippen LogP contribution >= 0.6 is 0 Å². The number of nitrogens with two attached hydrogens (primary N) is 1. The van der Waals surface area contributed by atoms with Crippen LogP contribution in [0.3, 0.4) is 0 Å². The van der Waals surface area contributed by atoms with E-state index < -0.39 is 15.8 Å². The minimum atomic E-state index is -3.98. The molecule has 0 aromatic carbocycles. The third-order valence-corrected chi connectivity index (χ3v) is 3.77. The maximum Gasteiger partial charge on any atom is 0.267 e. The number of anilines is 2. The van der Waals surface area contributed by atoms with Gasteiger partial charge in [0.25, 0.3) is 10.0 Å². The van der Waals surface area contributed by atoms with Crippen LogP contribution in [0.15, 0.2) is 29.6 Å². The minimum Gasteiger partial charge on any atom is -0.381 e. The molecule has 2 rings (SSSR count). The van der Waals surface area contributed by atoms with Gasteiger partial charge in [-0.25, -0.2) is 12.8 Å². The number of aromatic nitrogens is 3. The quantitative estimate of drug-likeness (QED) is 0.865. The number of nitrogens with one attached hydrogen (secondary N) is 1. The summed E-state index contributed by atoms with van der Waals surface area (Å²) in [5, 5.41) is 3.83. The molecule has 0 spiro atoms. The average Bonchev–Trinajstić information content (AvgIpc) is 2.74. The van der Waals surface area contributed by atoms with Gasteiger partial charge in [-0.15, -0.1) is 0 Å². The summed E-state index contributed by atoms with van der Waals surface area (Å²) >= 11 is 0. The molecule has 0 fully saturated rings. The molecule has 0 radical (unpaired) electrons. The number of hydrogen-bond donors (Lipinski definition) is 2. The summed E-state index contributed by atoms with van der Waals surface area (Å²) < 4.78 is 41.0. The van der Waals surface area contributed by atoms with E-state index in [1.807, 2.05) is 0 Å². The lowest BCUT2D eigenvalue weighted by atomic mass is 10.4. The lowest BCUT2D eigenvalue weighted by Crippen LogP contribution is -2.15. The maximum atomic E-state index is 13.4. The normalized spacial score (nSPS) is 11.5. The Bertz CT molecular complexity index is 698. The first-order valence-corrected chi connectivity index (χ1v) is 6.87. The smallest absolute Gasteiger partial charge is 0.267 e. The molecule has 0 unspecified atom stereocenters. The standard InChI is InChI=1S/C10H12FN5O2S/c1-2-16-6-9(10(12)14-16)19(17,18)15-8-3-4-13-5-7(8)11/h3-6H,2H2,1H3,(H2,12,14)(H,13,15). The molecular weight excluding hydrogens is 273 g/mol. The highest BCUT2D eigenvalue weighted by atomic mass is 32.2. The van der Waals surface area contributed by atoms with Crippen LogP contribution in [0.4, 0.5) is 15.9 Å². The Morgan fingerprint density at radius 2 is 2.26 bits per heavy atom. The van der Waals surface area contributed by atoms with Crippen LogP contribution in [0, 0.1) is 5.82 Å². The number of halogens is 1. The highest BCUT2D eigenvalue weighted by Gasteiger charge is 2.22. The summed E-state index contributed by atoms with van der Waals surface area (Å²) in [7, 11) is -3.98. The Hall–Kier alpha value is -2.16. The molecule has 9 heteroatoms. The van der Waals surface area contributed by atoms with E-state index in [-0.39, 0.29) is 16.4 Å². The Labute approximate surface area is 109 Å². The molecule has 3 N–H and O–H groups in total.